The Morgan fingerprint density at radius 1 is 1.71 bits per heavy atom. The number of nitrogens with zero attached hydrogens (tertiary/aromatic N) is 1. The normalized spacial score (nSPS) is 27.0. The summed E-state index contributed by atoms with van der Waals surface area (Å²) in [4.78, 5) is 15.9. The molecule has 1 heterocycles. The number of carbonyl (C=O) groups excluding carboxylic acids is 1. The minimum atomic E-state index is -0.478. The first kappa shape index (κ1) is 9.49. The van der Waals surface area contributed by atoms with Crippen LogP contribution in [0.3, 0.4) is 0 Å². The van der Waals surface area contributed by atoms with Gasteiger partial charge in [0, 0.05) is 6.42 Å². The predicted octanol–water partition coefficient (Wildman–Crippen LogP) is 1.29. The van der Waals surface area contributed by atoms with Gasteiger partial charge in [0.1, 0.15) is 5.54 Å². The van der Waals surface area contributed by atoms with Crippen LogP contribution in [0.25, 0.3) is 0 Å². The highest BCUT2D eigenvalue weighted by atomic mass is 16.6. The summed E-state index contributed by atoms with van der Waals surface area (Å²) in [6, 6.07) is 0. The molecule has 14 heavy (non-hydrogen) atoms. The van der Waals surface area contributed by atoms with Crippen LogP contribution in [0, 0.1) is 0 Å². The van der Waals surface area contributed by atoms with E-state index < -0.39 is 6.10 Å². The van der Waals surface area contributed by atoms with Gasteiger partial charge in [-0.1, -0.05) is 6.92 Å². The van der Waals surface area contributed by atoms with Crippen molar-refractivity contribution in [3.8, 4) is 0 Å². The predicted molar refractivity (Wildman–Crippen MR) is 51.2 cm³/mol. The lowest BCUT2D eigenvalue weighted by atomic mass is 10.1. The van der Waals surface area contributed by atoms with Gasteiger partial charge in [-0.05, 0) is 19.3 Å². The molecule has 0 aromatic heterocycles. The van der Waals surface area contributed by atoms with E-state index in [0.29, 0.717) is 0 Å². The van der Waals surface area contributed by atoms with Gasteiger partial charge in [-0.3, -0.25) is 0 Å². The first-order chi connectivity index (χ1) is 6.72. The van der Waals surface area contributed by atoms with E-state index in [1.54, 1.807) is 0 Å². The van der Waals surface area contributed by atoms with Crippen LogP contribution in [0.4, 0.5) is 0 Å². The molecule has 4 nitrogen and oxygen atoms in total. The summed E-state index contributed by atoms with van der Waals surface area (Å²) in [5.41, 5.74) is -0.252. The lowest BCUT2D eigenvalue weighted by molar-refractivity contribution is -0.149. The van der Waals surface area contributed by atoms with Crippen LogP contribution < -0.4 is 0 Å². The third-order valence-electron chi connectivity index (χ3n) is 2.73. The number of rotatable bonds is 3. The summed E-state index contributed by atoms with van der Waals surface area (Å²) in [5.74, 6) is 0.428. The van der Waals surface area contributed by atoms with Gasteiger partial charge in [-0.2, -0.15) is 0 Å². The highest BCUT2D eigenvalue weighted by molar-refractivity contribution is 5.87. The van der Waals surface area contributed by atoms with E-state index in [-0.39, 0.29) is 11.5 Å². The molecule has 4 heteroatoms. The Bertz CT molecular complexity index is 281. The van der Waals surface area contributed by atoms with Crippen molar-refractivity contribution in [2.24, 2.45) is 4.99 Å². The summed E-state index contributed by atoms with van der Waals surface area (Å²) in [6.07, 6.45) is 3.21. The molecule has 0 N–H and O–H groups in total. The van der Waals surface area contributed by atoms with E-state index in [4.69, 9.17) is 9.47 Å². The molecule has 78 valence electrons. The van der Waals surface area contributed by atoms with Gasteiger partial charge in [0.05, 0.1) is 7.11 Å². The molecule has 0 aromatic carbocycles. The second kappa shape index (κ2) is 3.26. The van der Waals surface area contributed by atoms with Crippen LogP contribution in [0.5, 0.6) is 0 Å². The molecule has 0 bridgehead atoms. The Hall–Kier alpha value is -1.06. The second-order valence-corrected chi connectivity index (χ2v) is 3.88. The molecule has 0 aromatic rings. The van der Waals surface area contributed by atoms with E-state index in [0.717, 1.165) is 31.6 Å². The van der Waals surface area contributed by atoms with Crippen LogP contribution in [0.2, 0.25) is 0 Å². The van der Waals surface area contributed by atoms with Gasteiger partial charge in [-0.25, -0.2) is 9.79 Å². The van der Waals surface area contributed by atoms with Gasteiger partial charge in [0.2, 0.25) is 6.10 Å². The Balaban J connectivity index is 2.08. The SMILES string of the molecule is CCCC1=NC2(CC2)C(C(=O)OC)O1. The molecule has 1 saturated carbocycles. The lowest BCUT2D eigenvalue weighted by Crippen LogP contribution is -2.34. The van der Waals surface area contributed by atoms with E-state index in [2.05, 4.69) is 11.9 Å². The maximum absolute atomic E-state index is 11.4. The quantitative estimate of drug-likeness (QED) is 0.640. The fourth-order valence-corrected chi connectivity index (χ4v) is 1.78. The summed E-state index contributed by atoms with van der Waals surface area (Å²) in [6.45, 7) is 2.07. The van der Waals surface area contributed by atoms with Crippen molar-refractivity contribution in [2.75, 3.05) is 7.11 Å². The monoisotopic (exact) mass is 197 g/mol. The van der Waals surface area contributed by atoms with E-state index in [1.807, 2.05) is 0 Å². The molecule has 0 amide bonds. The molecule has 2 rings (SSSR count). The van der Waals surface area contributed by atoms with Crippen molar-refractivity contribution in [3.63, 3.8) is 0 Å². The Labute approximate surface area is 83.3 Å². The Morgan fingerprint density at radius 3 is 2.93 bits per heavy atom. The molecule has 0 radical (unpaired) electrons. The number of ether oxygens (including phenoxy) is 2. The van der Waals surface area contributed by atoms with Gasteiger partial charge in [-0.15, -0.1) is 0 Å². The molecule has 0 saturated heterocycles. The number of aliphatic imine (C=N–C) groups is 1. The van der Waals surface area contributed by atoms with E-state index >= 15 is 0 Å². The van der Waals surface area contributed by atoms with Gasteiger partial charge >= 0.3 is 5.97 Å². The summed E-state index contributed by atoms with van der Waals surface area (Å²) in [5, 5.41) is 0. The topological polar surface area (TPSA) is 47.9 Å². The van der Waals surface area contributed by atoms with E-state index in [9.17, 15) is 4.79 Å². The van der Waals surface area contributed by atoms with Crippen molar-refractivity contribution in [3.05, 3.63) is 0 Å². The molecular formula is C10H15NO3. The fourth-order valence-electron chi connectivity index (χ4n) is 1.78. The third kappa shape index (κ3) is 1.38. The molecule has 1 aliphatic heterocycles. The standard InChI is InChI=1S/C10H15NO3/c1-3-4-7-11-10(5-6-10)8(14-7)9(12)13-2/h8H,3-6H2,1-2H3. The van der Waals surface area contributed by atoms with Gasteiger partial charge in [0.15, 0.2) is 5.90 Å². The fraction of sp³-hybridized carbons (Fsp3) is 0.800. The summed E-state index contributed by atoms with van der Waals surface area (Å²) < 4.78 is 10.2. The highest BCUT2D eigenvalue weighted by Crippen LogP contribution is 2.48. The third-order valence-corrected chi connectivity index (χ3v) is 2.73. The van der Waals surface area contributed by atoms with Crippen LogP contribution in [0.15, 0.2) is 4.99 Å². The Morgan fingerprint density at radius 2 is 2.43 bits per heavy atom. The highest BCUT2D eigenvalue weighted by Gasteiger charge is 2.59. The average Bonchev–Trinajstić information content (AvgIpc) is 2.83. The van der Waals surface area contributed by atoms with Crippen LogP contribution >= 0.6 is 0 Å². The lowest BCUT2D eigenvalue weighted by Gasteiger charge is -2.13. The molecular weight excluding hydrogens is 182 g/mol. The number of esters is 1. The maximum Gasteiger partial charge on any atom is 0.349 e. The number of methoxy groups -OCH3 is 1. The van der Waals surface area contributed by atoms with Crippen molar-refractivity contribution in [2.45, 2.75) is 44.2 Å². The van der Waals surface area contributed by atoms with Crippen molar-refractivity contribution in [1.82, 2.24) is 0 Å². The zero-order valence-corrected chi connectivity index (χ0v) is 8.58. The molecule has 1 aliphatic carbocycles. The number of carbonyl (C=O) groups is 1. The van der Waals surface area contributed by atoms with E-state index in [1.165, 1.54) is 7.11 Å². The summed E-state index contributed by atoms with van der Waals surface area (Å²) in [7, 11) is 1.39. The number of hydrogen-bond donors (Lipinski definition) is 0. The zero-order valence-electron chi connectivity index (χ0n) is 8.58. The van der Waals surface area contributed by atoms with Crippen LogP contribution in [-0.2, 0) is 14.3 Å². The number of hydrogen-bond acceptors (Lipinski definition) is 4. The first-order valence-corrected chi connectivity index (χ1v) is 5.05. The van der Waals surface area contributed by atoms with Crippen molar-refractivity contribution in [1.29, 1.82) is 0 Å². The molecule has 1 unspecified atom stereocenters. The molecule has 2 aliphatic rings. The van der Waals surface area contributed by atoms with Crippen molar-refractivity contribution >= 4 is 11.9 Å². The van der Waals surface area contributed by atoms with Crippen LogP contribution in [0.1, 0.15) is 32.6 Å². The maximum atomic E-state index is 11.4. The average molecular weight is 197 g/mol. The van der Waals surface area contributed by atoms with Crippen LogP contribution in [-0.4, -0.2) is 30.6 Å². The van der Waals surface area contributed by atoms with Gasteiger partial charge in [0.25, 0.3) is 0 Å². The largest absolute Gasteiger partial charge is 0.466 e. The van der Waals surface area contributed by atoms with Crippen molar-refractivity contribution < 1.29 is 14.3 Å². The minimum absolute atomic E-state index is 0.252. The molecule has 1 atom stereocenters. The first-order valence-electron chi connectivity index (χ1n) is 5.05. The second-order valence-electron chi connectivity index (χ2n) is 3.88. The zero-order chi connectivity index (χ0) is 10.2. The molecule has 1 fully saturated rings. The summed E-state index contributed by atoms with van der Waals surface area (Å²) >= 11 is 0. The van der Waals surface area contributed by atoms with Gasteiger partial charge < -0.3 is 9.47 Å². The molecule has 1 spiro atoms. The minimum Gasteiger partial charge on any atom is -0.466 e. The smallest absolute Gasteiger partial charge is 0.349 e. The Kier molecular flexibility index (Phi) is 2.21.